The van der Waals surface area contributed by atoms with Gasteiger partial charge in [0.15, 0.2) is 16.6 Å². The van der Waals surface area contributed by atoms with E-state index in [4.69, 9.17) is 19.2 Å². The van der Waals surface area contributed by atoms with Crippen molar-refractivity contribution in [2.45, 2.75) is 19.4 Å². The van der Waals surface area contributed by atoms with Gasteiger partial charge in [0.2, 0.25) is 0 Å². The number of aromatic nitrogens is 1. The molecule has 1 amide bonds. The summed E-state index contributed by atoms with van der Waals surface area (Å²) >= 11 is 1.33. The lowest BCUT2D eigenvalue weighted by atomic mass is 9.95. The van der Waals surface area contributed by atoms with E-state index in [1.807, 2.05) is 18.2 Å². The van der Waals surface area contributed by atoms with Crippen LogP contribution in [-0.2, 0) is 16.0 Å². The summed E-state index contributed by atoms with van der Waals surface area (Å²) in [6.07, 6.45) is 0.862. The number of aryl methyl sites for hydroxylation is 1. The van der Waals surface area contributed by atoms with Gasteiger partial charge >= 0.3 is 5.91 Å². The predicted molar refractivity (Wildman–Crippen MR) is 146 cm³/mol. The largest absolute Gasteiger partial charge is 0.507 e. The van der Waals surface area contributed by atoms with E-state index in [9.17, 15) is 14.7 Å². The number of carbonyl (C=O) groups is 2. The minimum atomic E-state index is -0.942. The minimum Gasteiger partial charge on any atom is -0.507 e. The van der Waals surface area contributed by atoms with E-state index in [0.717, 1.165) is 22.2 Å². The van der Waals surface area contributed by atoms with Crippen molar-refractivity contribution in [3.05, 3.63) is 82.9 Å². The van der Waals surface area contributed by atoms with Crippen molar-refractivity contribution in [2.24, 2.45) is 0 Å². The van der Waals surface area contributed by atoms with Crippen molar-refractivity contribution >= 4 is 44.1 Å². The van der Waals surface area contributed by atoms with Crippen molar-refractivity contribution in [1.82, 2.24) is 4.98 Å². The van der Waals surface area contributed by atoms with Gasteiger partial charge in [0.1, 0.15) is 11.5 Å². The van der Waals surface area contributed by atoms with Crippen LogP contribution in [-0.4, -0.2) is 43.1 Å². The average molecular weight is 531 g/mol. The van der Waals surface area contributed by atoms with Crippen LogP contribution in [0.2, 0.25) is 0 Å². The van der Waals surface area contributed by atoms with Crippen LogP contribution in [0.15, 0.2) is 66.2 Å². The van der Waals surface area contributed by atoms with Crippen molar-refractivity contribution in [3.63, 3.8) is 0 Å². The highest BCUT2D eigenvalue weighted by Gasteiger charge is 2.48. The number of aliphatic hydroxyl groups is 1. The first-order valence-electron chi connectivity index (χ1n) is 12.0. The Morgan fingerprint density at radius 1 is 0.947 bits per heavy atom. The highest BCUT2D eigenvalue weighted by Crippen LogP contribution is 2.46. The Balaban J connectivity index is 1.72. The van der Waals surface area contributed by atoms with Crippen LogP contribution in [0.5, 0.6) is 17.2 Å². The van der Waals surface area contributed by atoms with Gasteiger partial charge in [-0.25, -0.2) is 4.98 Å². The predicted octanol–water partition coefficient (Wildman–Crippen LogP) is 5.51. The van der Waals surface area contributed by atoms with E-state index in [-0.39, 0.29) is 11.3 Å². The third-order valence-corrected chi connectivity index (χ3v) is 7.60. The number of Topliss-reactive ketones (excluding diaryl/α,β-unsaturated/α-hetero) is 1. The van der Waals surface area contributed by atoms with E-state index >= 15 is 0 Å². The van der Waals surface area contributed by atoms with E-state index in [1.54, 1.807) is 49.6 Å². The molecule has 1 unspecified atom stereocenters. The third kappa shape index (κ3) is 4.24. The number of methoxy groups -OCH3 is 3. The Labute approximate surface area is 223 Å². The second-order valence-corrected chi connectivity index (χ2v) is 9.67. The number of ether oxygens (including phenoxy) is 3. The summed E-state index contributed by atoms with van der Waals surface area (Å²) in [5, 5.41) is 11.7. The van der Waals surface area contributed by atoms with Gasteiger partial charge in [-0.3, -0.25) is 14.5 Å². The number of hydrogen-bond acceptors (Lipinski definition) is 8. The fraction of sp³-hybridized carbons (Fsp3) is 0.207. The molecule has 2 heterocycles. The highest BCUT2D eigenvalue weighted by atomic mass is 32.1. The maximum Gasteiger partial charge on any atom is 0.301 e. The molecule has 1 aromatic heterocycles. The summed E-state index contributed by atoms with van der Waals surface area (Å²) in [5.41, 5.74) is 2.77. The molecule has 1 saturated heterocycles. The molecule has 9 heteroatoms. The van der Waals surface area contributed by atoms with Crippen LogP contribution in [0.4, 0.5) is 5.13 Å². The fourth-order valence-electron chi connectivity index (χ4n) is 4.55. The maximum absolute atomic E-state index is 13.5. The molecule has 8 nitrogen and oxygen atoms in total. The zero-order valence-corrected chi connectivity index (χ0v) is 22.2. The first kappa shape index (κ1) is 25.3. The summed E-state index contributed by atoms with van der Waals surface area (Å²) in [6.45, 7) is 2.07. The number of nitrogens with zero attached hydrogens (tertiary/aromatic N) is 2. The van der Waals surface area contributed by atoms with Gasteiger partial charge in [0, 0.05) is 5.56 Å². The molecule has 0 saturated carbocycles. The Bertz CT molecular complexity index is 1570. The SMILES string of the molecule is CCc1ccc2nc(N3C(=O)C(=O)/C(=C(/O)c4ccc(OC)cc4)C3c3ccc(OC)c(OC)c3)sc2c1. The van der Waals surface area contributed by atoms with Crippen LogP contribution >= 0.6 is 11.3 Å². The molecular formula is C29H26N2O6S. The van der Waals surface area contributed by atoms with Crippen molar-refractivity contribution in [2.75, 3.05) is 26.2 Å². The molecule has 4 aromatic rings. The van der Waals surface area contributed by atoms with Crippen LogP contribution in [0.25, 0.3) is 16.0 Å². The number of aliphatic hydroxyl groups excluding tert-OH is 1. The third-order valence-electron chi connectivity index (χ3n) is 6.59. The molecule has 1 aliphatic rings. The number of anilines is 1. The Morgan fingerprint density at radius 2 is 1.68 bits per heavy atom. The second-order valence-electron chi connectivity index (χ2n) is 8.66. The molecule has 0 aliphatic carbocycles. The molecule has 1 aliphatic heterocycles. The summed E-state index contributed by atoms with van der Waals surface area (Å²) < 4.78 is 17.0. The number of ketones is 1. The standard InChI is InChI=1S/C29H26N2O6S/c1-5-16-6-12-20-23(14-16)38-29(30-20)31-25(18-9-13-21(36-3)22(15-18)37-4)24(27(33)28(31)34)26(32)17-7-10-19(35-2)11-8-17/h6-15,25,32H,5H2,1-4H3/b26-24+. The lowest BCUT2D eigenvalue weighted by molar-refractivity contribution is -0.132. The van der Waals surface area contributed by atoms with Crippen molar-refractivity contribution in [1.29, 1.82) is 0 Å². The molecule has 1 fully saturated rings. The van der Waals surface area contributed by atoms with E-state index in [1.165, 1.54) is 30.5 Å². The lowest BCUT2D eigenvalue weighted by Gasteiger charge is -2.23. The van der Waals surface area contributed by atoms with Gasteiger partial charge in [0.25, 0.3) is 5.78 Å². The van der Waals surface area contributed by atoms with E-state index in [0.29, 0.717) is 33.5 Å². The zero-order valence-electron chi connectivity index (χ0n) is 21.3. The van der Waals surface area contributed by atoms with Crippen LogP contribution < -0.4 is 19.1 Å². The first-order valence-corrected chi connectivity index (χ1v) is 12.8. The number of benzene rings is 3. The fourth-order valence-corrected chi connectivity index (χ4v) is 5.61. The van der Waals surface area contributed by atoms with Gasteiger partial charge in [-0.1, -0.05) is 30.4 Å². The van der Waals surface area contributed by atoms with Gasteiger partial charge < -0.3 is 19.3 Å². The summed E-state index contributed by atoms with van der Waals surface area (Å²) in [7, 11) is 4.58. The second kappa shape index (κ2) is 10.2. The number of amides is 1. The van der Waals surface area contributed by atoms with Gasteiger partial charge in [-0.2, -0.15) is 0 Å². The normalized spacial score (nSPS) is 16.7. The van der Waals surface area contributed by atoms with Crippen LogP contribution in [0, 0.1) is 0 Å². The summed E-state index contributed by atoms with van der Waals surface area (Å²) in [4.78, 5) is 33.1. The van der Waals surface area contributed by atoms with E-state index in [2.05, 4.69) is 6.92 Å². The topological polar surface area (TPSA) is 98.2 Å². The Hall–Kier alpha value is -4.37. The van der Waals surface area contributed by atoms with E-state index < -0.39 is 17.7 Å². The van der Waals surface area contributed by atoms with Crippen LogP contribution in [0.3, 0.4) is 0 Å². The number of hydrogen-bond donors (Lipinski definition) is 1. The van der Waals surface area contributed by atoms with Crippen molar-refractivity contribution < 1.29 is 28.9 Å². The van der Waals surface area contributed by atoms with Gasteiger partial charge in [-0.15, -0.1) is 0 Å². The molecule has 3 aromatic carbocycles. The monoisotopic (exact) mass is 530 g/mol. The minimum absolute atomic E-state index is 0.0408. The number of rotatable bonds is 7. The van der Waals surface area contributed by atoms with Crippen molar-refractivity contribution in [3.8, 4) is 17.2 Å². The molecule has 0 radical (unpaired) electrons. The molecule has 0 bridgehead atoms. The number of carbonyl (C=O) groups excluding carboxylic acids is 2. The smallest absolute Gasteiger partial charge is 0.301 e. The Kier molecular flexibility index (Phi) is 6.77. The summed E-state index contributed by atoms with van der Waals surface area (Å²) in [5.74, 6) is -0.337. The highest BCUT2D eigenvalue weighted by molar-refractivity contribution is 7.22. The summed E-state index contributed by atoms with van der Waals surface area (Å²) in [6, 6.07) is 16.8. The molecule has 0 spiro atoms. The maximum atomic E-state index is 13.5. The number of thiazole rings is 1. The molecule has 1 atom stereocenters. The molecular weight excluding hydrogens is 504 g/mol. The van der Waals surface area contributed by atoms with Crippen LogP contribution in [0.1, 0.15) is 29.7 Å². The number of fused-ring (bicyclic) bond motifs is 1. The lowest BCUT2D eigenvalue weighted by Crippen LogP contribution is -2.29. The van der Waals surface area contributed by atoms with Gasteiger partial charge in [0.05, 0.1) is 43.2 Å². The Morgan fingerprint density at radius 3 is 2.34 bits per heavy atom. The molecule has 194 valence electrons. The quantitative estimate of drug-likeness (QED) is 0.191. The first-order chi connectivity index (χ1) is 18.4. The average Bonchev–Trinajstić information content (AvgIpc) is 3.49. The molecule has 5 rings (SSSR count). The zero-order chi connectivity index (χ0) is 27.0. The van der Waals surface area contributed by atoms with Gasteiger partial charge in [-0.05, 0) is 66.1 Å². The molecule has 38 heavy (non-hydrogen) atoms. The molecule has 1 N–H and O–H groups in total.